The van der Waals surface area contributed by atoms with Crippen LogP contribution in [0.25, 0.3) is 0 Å². The van der Waals surface area contributed by atoms with Crippen molar-refractivity contribution in [1.82, 2.24) is 0 Å². The monoisotopic (exact) mass is 460 g/mol. The lowest BCUT2D eigenvalue weighted by molar-refractivity contribution is 0.564. The van der Waals surface area contributed by atoms with Gasteiger partial charge in [0.05, 0.1) is 12.5 Å². The lowest BCUT2D eigenvalue weighted by Crippen LogP contribution is -1.84. The molecule has 0 saturated heterocycles. The second-order valence-corrected chi connectivity index (χ2v) is 9.78. The normalized spacial score (nSPS) is 13.9. The predicted molar refractivity (Wildman–Crippen MR) is 151 cm³/mol. The van der Waals surface area contributed by atoms with Gasteiger partial charge < -0.3 is 4.42 Å². The van der Waals surface area contributed by atoms with Gasteiger partial charge in [0.1, 0.15) is 0 Å². The van der Waals surface area contributed by atoms with Crippen LogP contribution in [0.3, 0.4) is 0 Å². The minimum Gasteiger partial charge on any atom is -0.472 e. The summed E-state index contributed by atoms with van der Waals surface area (Å²) in [5, 5.41) is 0. The fourth-order valence-corrected chi connectivity index (χ4v) is 3.88. The van der Waals surface area contributed by atoms with Gasteiger partial charge in [-0.1, -0.05) is 58.2 Å². The molecule has 0 bridgehead atoms. The molecule has 186 valence electrons. The predicted octanol–water partition coefficient (Wildman–Crippen LogP) is 10.5. The van der Waals surface area contributed by atoms with Crippen LogP contribution in [0.1, 0.15) is 111 Å². The van der Waals surface area contributed by atoms with Gasteiger partial charge >= 0.3 is 0 Å². The average Bonchev–Trinajstić information content (AvgIpc) is 3.31. The summed E-state index contributed by atoms with van der Waals surface area (Å²) in [7, 11) is 0. The molecule has 0 unspecified atom stereocenters. The van der Waals surface area contributed by atoms with Gasteiger partial charge in [-0.25, -0.2) is 0 Å². The highest BCUT2D eigenvalue weighted by atomic mass is 16.3. The van der Waals surface area contributed by atoms with Crippen LogP contribution in [-0.4, -0.2) is 0 Å². The molecule has 0 saturated carbocycles. The summed E-state index contributed by atoms with van der Waals surface area (Å²) in [5.41, 5.74) is 8.71. The van der Waals surface area contributed by atoms with E-state index >= 15 is 0 Å². The molecular weight excluding hydrogens is 412 g/mol. The molecule has 1 aromatic rings. The van der Waals surface area contributed by atoms with E-state index < -0.39 is 0 Å². The van der Waals surface area contributed by atoms with E-state index in [1.165, 1.54) is 46.3 Å². The van der Waals surface area contributed by atoms with Crippen molar-refractivity contribution in [3.8, 4) is 12.3 Å². The third kappa shape index (κ3) is 16.2. The second kappa shape index (κ2) is 18.9. The molecule has 1 heteroatoms. The van der Waals surface area contributed by atoms with Crippen LogP contribution in [0.5, 0.6) is 0 Å². The molecular formula is C33H48O. The molecule has 0 radical (unpaired) electrons. The lowest BCUT2D eigenvalue weighted by atomic mass is 10.0. The molecule has 0 amide bonds. The van der Waals surface area contributed by atoms with Gasteiger partial charge in [0, 0.05) is 6.42 Å². The molecule has 0 aliphatic heterocycles. The quantitative estimate of drug-likeness (QED) is 0.166. The molecule has 1 nitrogen and oxygen atoms in total. The number of terminal acetylenes is 1. The Hall–Kier alpha value is -2.46. The fraction of sp³-hybridized carbons (Fsp3) is 0.515. The van der Waals surface area contributed by atoms with E-state index in [-0.39, 0.29) is 0 Å². The second-order valence-electron chi connectivity index (χ2n) is 9.78. The minimum absolute atomic E-state index is 0.850. The largest absolute Gasteiger partial charge is 0.472 e. The van der Waals surface area contributed by atoms with Crippen molar-refractivity contribution in [2.24, 2.45) is 0 Å². The number of hydrogen-bond donors (Lipinski definition) is 0. The molecule has 34 heavy (non-hydrogen) atoms. The van der Waals surface area contributed by atoms with Gasteiger partial charge in [0.15, 0.2) is 0 Å². The number of rotatable bonds is 17. The van der Waals surface area contributed by atoms with Crippen molar-refractivity contribution in [3.05, 3.63) is 82.4 Å². The molecule has 0 aliphatic carbocycles. The zero-order chi connectivity index (χ0) is 25.0. The summed E-state index contributed by atoms with van der Waals surface area (Å²) in [6, 6.07) is 2.05. The van der Waals surface area contributed by atoms with E-state index in [0.29, 0.717) is 0 Å². The highest BCUT2D eigenvalue weighted by Crippen LogP contribution is 2.16. The van der Waals surface area contributed by atoms with Crippen LogP contribution in [-0.2, 0) is 6.42 Å². The molecule has 0 fully saturated rings. The van der Waals surface area contributed by atoms with Crippen molar-refractivity contribution < 1.29 is 4.42 Å². The highest BCUT2D eigenvalue weighted by molar-refractivity contribution is 5.10. The summed E-state index contributed by atoms with van der Waals surface area (Å²) in [5.74, 6) is 2.71. The van der Waals surface area contributed by atoms with E-state index in [1.54, 1.807) is 6.26 Å². The third-order valence-corrected chi connectivity index (χ3v) is 6.30. The Morgan fingerprint density at radius 1 is 0.676 bits per heavy atom. The van der Waals surface area contributed by atoms with Gasteiger partial charge in [0.2, 0.25) is 0 Å². The first-order chi connectivity index (χ1) is 16.4. The van der Waals surface area contributed by atoms with E-state index in [1.807, 2.05) is 12.3 Å². The highest BCUT2D eigenvalue weighted by Gasteiger charge is 1.96. The van der Waals surface area contributed by atoms with Crippen LogP contribution >= 0.6 is 0 Å². The maximum absolute atomic E-state index is 5.33. The van der Waals surface area contributed by atoms with Crippen molar-refractivity contribution >= 4 is 0 Å². The fourth-order valence-electron chi connectivity index (χ4n) is 3.88. The Kier molecular flexibility index (Phi) is 16.4. The molecule has 1 heterocycles. The van der Waals surface area contributed by atoms with E-state index in [2.05, 4.69) is 70.9 Å². The van der Waals surface area contributed by atoms with Gasteiger partial charge in [0.25, 0.3) is 0 Å². The molecule has 0 aliphatic rings. The molecule has 0 atom stereocenters. The standard InChI is InChI=1S/C33H48O/c1-7-8-14-28(2)15-9-16-29(3)17-10-18-30(4)19-11-20-31(5)21-12-22-32(6)23-13-24-33-25-26-34-27-33/h1,15,17,19,21,23,25-27H,8-14,16,18,20,22,24H2,2-6H3. The Morgan fingerprint density at radius 2 is 1.09 bits per heavy atom. The van der Waals surface area contributed by atoms with Crippen LogP contribution in [0, 0.1) is 12.3 Å². The van der Waals surface area contributed by atoms with Gasteiger partial charge in [-0.3, -0.25) is 0 Å². The van der Waals surface area contributed by atoms with Crippen molar-refractivity contribution in [2.75, 3.05) is 0 Å². The van der Waals surface area contributed by atoms with Gasteiger partial charge in [-0.05, 0) is 117 Å². The van der Waals surface area contributed by atoms with Crippen LogP contribution in [0.2, 0.25) is 0 Å². The molecule has 0 N–H and O–H groups in total. The number of allylic oxidation sites excluding steroid dienone is 10. The van der Waals surface area contributed by atoms with Gasteiger partial charge in [-0.2, -0.15) is 0 Å². The zero-order valence-electron chi connectivity index (χ0n) is 22.6. The summed E-state index contributed by atoms with van der Waals surface area (Å²) >= 11 is 0. The number of aryl methyl sites for hydroxylation is 1. The molecule has 1 rings (SSSR count). The van der Waals surface area contributed by atoms with E-state index in [0.717, 1.165) is 64.2 Å². The van der Waals surface area contributed by atoms with E-state index in [4.69, 9.17) is 10.8 Å². The van der Waals surface area contributed by atoms with Crippen LogP contribution in [0.15, 0.2) is 81.3 Å². The summed E-state index contributed by atoms with van der Waals surface area (Å²) in [6.07, 6.45) is 34.2. The zero-order valence-corrected chi connectivity index (χ0v) is 22.6. The average molecular weight is 461 g/mol. The summed E-state index contributed by atoms with van der Waals surface area (Å²) < 4.78 is 5.13. The lowest BCUT2D eigenvalue weighted by Gasteiger charge is -2.03. The van der Waals surface area contributed by atoms with Crippen molar-refractivity contribution in [2.45, 2.75) is 112 Å². The summed E-state index contributed by atoms with van der Waals surface area (Å²) in [4.78, 5) is 0. The minimum atomic E-state index is 0.850. The first kappa shape index (κ1) is 29.6. The van der Waals surface area contributed by atoms with Crippen molar-refractivity contribution in [3.63, 3.8) is 0 Å². The number of hydrogen-bond acceptors (Lipinski definition) is 1. The van der Waals surface area contributed by atoms with Gasteiger partial charge in [-0.15, -0.1) is 12.3 Å². The molecule has 0 aromatic carbocycles. The SMILES string of the molecule is C#CCCC(C)=CCCC(C)=CCCC(C)=CCCC(C)=CCCC(C)=CCCc1ccoc1. The summed E-state index contributed by atoms with van der Waals surface area (Å²) in [6.45, 7) is 11.2. The molecule has 1 aromatic heterocycles. The Morgan fingerprint density at radius 3 is 1.47 bits per heavy atom. The van der Waals surface area contributed by atoms with Crippen LogP contribution in [0.4, 0.5) is 0 Å². The maximum Gasteiger partial charge on any atom is 0.0934 e. The number of furan rings is 1. The Balaban J connectivity index is 2.19. The Bertz CT molecular complexity index is 862. The topological polar surface area (TPSA) is 13.1 Å². The first-order valence-corrected chi connectivity index (χ1v) is 13.1. The maximum atomic E-state index is 5.33. The first-order valence-electron chi connectivity index (χ1n) is 13.1. The third-order valence-electron chi connectivity index (χ3n) is 6.30. The smallest absolute Gasteiger partial charge is 0.0934 e. The molecule has 0 spiro atoms. The van der Waals surface area contributed by atoms with Crippen molar-refractivity contribution in [1.29, 1.82) is 0 Å². The Labute approximate surface area is 210 Å². The van der Waals surface area contributed by atoms with Crippen LogP contribution < -0.4 is 0 Å². The van der Waals surface area contributed by atoms with E-state index in [9.17, 15) is 0 Å².